The van der Waals surface area contributed by atoms with E-state index in [4.69, 9.17) is 0 Å². The molecule has 0 aliphatic carbocycles. The van der Waals surface area contributed by atoms with Crippen LogP contribution in [-0.4, -0.2) is 21.5 Å². The van der Waals surface area contributed by atoms with Gasteiger partial charge in [0.25, 0.3) is 10.0 Å². The third kappa shape index (κ3) is 3.38. The van der Waals surface area contributed by atoms with Gasteiger partial charge in [-0.25, -0.2) is 12.8 Å². The van der Waals surface area contributed by atoms with E-state index in [1.165, 1.54) is 12.1 Å². The van der Waals surface area contributed by atoms with E-state index < -0.39 is 15.8 Å². The normalized spacial score (nSPS) is 14.9. The molecule has 0 spiro atoms. The maximum absolute atomic E-state index is 13.7. The van der Waals surface area contributed by atoms with E-state index in [1.54, 1.807) is 25.1 Å². The molecule has 0 unspecified atom stereocenters. The molecule has 1 fully saturated rings. The molecule has 0 saturated carbocycles. The molecule has 128 valence electrons. The summed E-state index contributed by atoms with van der Waals surface area (Å²) in [5, 5.41) is 0. The molecule has 0 amide bonds. The molecule has 6 heteroatoms. The zero-order valence-electron chi connectivity index (χ0n) is 13.8. The van der Waals surface area contributed by atoms with Gasteiger partial charge in [-0.15, -0.1) is 0 Å². The van der Waals surface area contributed by atoms with Gasteiger partial charge in [0.1, 0.15) is 5.82 Å². The van der Waals surface area contributed by atoms with E-state index in [0.29, 0.717) is 5.56 Å². The number of hydrogen-bond donors (Lipinski definition) is 1. The van der Waals surface area contributed by atoms with Gasteiger partial charge in [0, 0.05) is 19.2 Å². The Hall–Kier alpha value is -2.08. The molecule has 1 N–H and O–H groups in total. The summed E-state index contributed by atoms with van der Waals surface area (Å²) >= 11 is 0. The number of nitrogens with zero attached hydrogens (tertiary/aromatic N) is 1. The van der Waals surface area contributed by atoms with Gasteiger partial charge in [-0.2, -0.15) is 0 Å². The fourth-order valence-electron chi connectivity index (χ4n) is 3.12. The van der Waals surface area contributed by atoms with Crippen LogP contribution in [0.4, 0.5) is 15.8 Å². The highest BCUT2D eigenvalue weighted by Crippen LogP contribution is 2.32. The van der Waals surface area contributed by atoms with Crippen molar-refractivity contribution in [3.63, 3.8) is 0 Å². The van der Waals surface area contributed by atoms with Crippen LogP contribution in [0.5, 0.6) is 0 Å². The minimum absolute atomic E-state index is 0.213. The van der Waals surface area contributed by atoms with Gasteiger partial charge < -0.3 is 4.90 Å². The number of halogens is 1. The Kier molecular flexibility index (Phi) is 4.49. The first kappa shape index (κ1) is 16.8. The second kappa shape index (κ2) is 6.43. The van der Waals surface area contributed by atoms with Crippen molar-refractivity contribution in [3.8, 4) is 0 Å². The van der Waals surface area contributed by atoms with Gasteiger partial charge in [-0.1, -0.05) is 17.7 Å². The van der Waals surface area contributed by atoms with Gasteiger partial charge in [0.05, 0.1) is 16.3 Å². The highest BCUT2D eigenvalue weighted by molar-refractivity contribution is 7.92. The Labute approximate surface area is 142 Å². The number of benzene rings is 2. The molecule has 3 rings (SSSR count). The SMILES string of the molecule is Cc1ccc(S(=O)(=O)Nc2cc(F)ccc2N2CCCC2)c(C)c1. The number of hydrogen-bond acceptors (Lipinski definition) is 3. The number of anilines is 2. The van der Waals surface area contributed by atoms with Crippen molar-refractivity contribution in [2.75, 3.05) is 22.7 Å². The minimum Gasteiger partial charge on any atom is -0.370 e. The third-order valence-electron chi connectivity index (χ3n) is 4.27. The molecule has 1 saturated heterocycles. The van der Waals surface area contributed by atoms with E-state index in [-0.39, 0.29) is 10.6 Å². The second-order valence-corrected chi connectivity index (χ2v) is 7.88. The predicted molar refractivity (Wildman–Crippen MR) is 94.6 cm³/mol. The Morgan fingerprint density at radius 3 is 2.42 bits per heavy atom. The molecule has 0 atom stereocenters. The first-order valence-corrected chi connectivity index (χ1v) is 9.50. The average Bonchev–Trinajstić information content (AvgIpc) is 3.00. The lowest BCUT2D eigenvalue weighted by Crippen LogP contribution is -2.21. The van der Waals surface area contributed by atoms with Crippen LogP contribution in [0.25, 0.3) is 0 Å². The van der Waals surface area contributed by atoms with Crippen molar-refractivity contribution in [1.82, 2.24) is 0 Å². The van der Waals surface area contributed by atoms with Gasteiger partial charge in [-0.05, 0) is 50.5 Å². The standard InChI is InChI=1S/C18H21FN2O2S/c1-13-5-8-18(14(2)11-13)24(22,23)20-16-12-15(19)6-7-17(16)21-9-3-4-10-21/h5-8,11-12,20H,3-4,9-10H2,1-2H3. The van der Waals surface area contributed by atoms with Crippen LogP contribution >= 0.6 is 0 Å². The van der Waals surface area contributed by atoms with Crippen LogP contribution in [0.15, 0.2) is 41.3 Å². The monoisotopic (exact) mass is 348 g/mol. The molecule has 2 aromatic rings. The van der Waals surface area contributed by atoms with Crippen molar-refractivity contribution in [3.05, 3.63) is 53.3 Å². The van der Waals surface area contributed by atoms with Crippen LogP contribution in [0.1, 0.15) is 24.0 Å². The van der Waals surface area contributed by atoms with Crippen molar-refractivity contribution >= 4 is 21.4 Å². The Morgan fingerprint density at radius 2 is 1.75 bits per heavy atom. The summed E-state index contributed by atoms with van der Waals surface area (Å²) in [6.45, 7) is 5.37. The molecule has 0 aromatic heterocycles. The molecule has 1 aliphatic rings. The van der Waals surface area contributed by atoms with E-state index in [9.17, 15) is 12.8 Å². The summed E-state index contributed by atoms with van der Waals surface area (Å²) < 4.78 is 41.8. The summed E-state index contributed by atoms with van der Waals surface area (Å²) in [5.74, 6) is -0.462. The van der Waals surface area contributed by atoms with Crippen LogP contribution in [0.3, 0.4) is 0 Å². The van der Waals surface area contributed by atoms with Crippen LogP contribution in [0.2, 0.25) is 0 Å². The van der Waals surface area contributed by atoms with Gasteiger partial charge >= 0.3 is 0 Å². The lowest BCUT2D eigenvalue weighted by atomic mass is 10.2. The average molecular weight is 348 g/mol. The lowest BCUT2D eigenvalue weighted by Gasteiger charge is -2.22. The molecule has 2 aromatic carbocycles. The fourth-order valence-corrected chi connectivity index (χ4v) is 4.42. The minimum atomic E-state index is -3.77. The van der Waals surface area contributed by atoms with Gasteiger partial charge in [0.15, 0.2) is 0 Å². The summed E-state index contributed by atoms with van der Waals surface area (Å²) in [4.78, 5) is 2.30. The quantitative estimate of drug-likeness (QED) is 0.913. The van der Waals surface area contributed by atoms with Crippen molar-refractivity contribution in [1.29, 1.82) is 0 Å². The predicted octanol–water partition coefficient (Wildman–Crippen LogP) is 3.84. The molecule has 1 heterocycles. The summed E-state index contributed by atoms with van der Waals surface area (Å²) in [5.41, 5.74) is 2.68. The van der Waals surface area contributed by atoms with Crippen LogP contribution in [-0.2, 0) is 10.0 Å². The zero-order chi connectivity index (χ0) is 17.3. The topological polar surface area (TPSA) is 49.4 Å². The lowest BCUT2D eigenvalue weighted by molar-refractivity contribution is 0.600. The largest absolute Gasteiger partial charge is 0.370 e. The number of nitrogens with one attached hydrogen (secondary N) is 1. The van der Waals surface area contributed by atoms with Gasteiger partial charge in [-0.3, -0.25) is 4.72 Å². The van der Waals surface area contributed by atoms with E-state index in [2.05, 4.69) is 9.62 Å². The maximum Gasteiger partial charge on any atom is 0.262 e. The fraction of sp³-hybridized carbons (Fsp3) is 0.333. The van der Waals surface area contributed by atoms with Crippen molar-refractivity contribution < 1.29 is 12.8 Å². The molecule has 1 aliphatic heterocycles. The summed E-state index contributed by atoms with van der Waals surface area (Å²) in [7, 11) is -3.77. The molecule has 24 heavy (non-hydrogen) atoms. The Morgan fingerprint density at radius 1 is 1.04 bits per heavy atom. The smallest absolute Gasteiger partial charge is 0.262 e. The first-order valence-electron chi connectivity index (χ1n) is 8.01. The number of rotatable bonds is 4. The van der Waals surface area contributed by atoms with Crippen molar-refractivity contribution in [2.45, 2.75) is 31.6 Å². The first-order chi connectivity index (χ1) is 11.4. The van der Waals surface area contributed by atoms with Crippen molar-refractivity contribution in [2.24, 2.45) is 0 Å². The molecule has 4 nitrogen and oxygen atoms in total. The third-order valence-corrected chi connectivity index (χ3v) is 5.80. The van der Waals surface area contributed by atoms with Crippen LogP contribution < -0.4 is 9.62 Å². The molecule has 0 radical (unpaired) electrons. The Bertz CT molecular complexity index is 859. The van der Waals surface area contributed by atoms with E-state index in [1.807, 2.05) is 13.0 Å². The maximum atomic E-state index is 13.7. The van der Waals surface area contributed by atoms with Gasteiger partial charge in [0.2, 0.25) is 0 Å². The van der Waals surface area contributed by atoms with Crippen LogP contribution in [0, 0.1) is 19.7 Å². The molecule has 0 bridgehead atoms. The van der Waals surface area contributed by atoms with E-state index in [0.717, 1.165) is 37.2 Å². The Balaban J connectivity index is 1.99. The highest BCUT2D eigenvalue weighted by Gasteiger charge is 2.22. The summed E-state index contributed by atoms with van der Waals surface area (Å²) in [6, 6.07) is 9.41. The highest BCUT2D eigenvalue weighted by atomic mass is 32.2. The number of aryl methyl sites for hydroxylation is 2. The molecular weight excluding hydrogens is 327 g/mol. The molecular formula is C18H21FN2O2S. The zero-order valence-corrected chi connectivity index (χ0v) is 14.7. The second-order valence-electron chi connectivity index (χ2n) is 6.23. The number of sulfonamides is 1. The summed E-state index contributed by atoms with van der Waals surface area (Å²) in [6.07, 6.45) is 2.11. The van der Waals surface area contributed by atoms with E-state index >= 15 is 0 Å².